The first-order valence-electron chi connectivity index (χ1n) is 7.94. The van der Waals surface area contributed by atoms with Crippen LogP contribution in [0.1, 0.15) is 10.4 Å². The number of carbonyl (C=O) groups is 4. The minimum atomic E-state index is -0.778. The van der Waals surface area contributed by atoms with Gasteiger partial charge in [-0.15, -0.1) is 0 Å². The Hall–Kier alpha value is -3.42. The minimum Gasteiger partial charge on any atom is -0.454 e. The van der Waals surface area contributed by atoms with Gasteiger partial charge in [0.05, 0.1) is 6.54 Å². The lowest BCUT2D eigenvalue weighted by Crippen LogP contribution is -2.37. The molecule has 1 fully saturated rings. The SMILES string of the molecule is O=C(CNC(=O)c1ccc2ccccc2c1)OCC(=O)N1CCOC1=O. The van der Waals surface area contributed by atoms with Crippen LogP contribution < -0.4 is 5.32 Å². The third-order valence-electron chi connectivity index (χ3n) is 3.82. The van der Waals surface area contributed by atoms with E-state index in [0.717, 1.165) is 15.7 Å². The summed E-state index contributed by atoms with van der Waals surface area (Å²) in [6.45, 7) is -0.711. The first-order chi connectivity index (χ1) is 12.5. The molecule has 0 aromatic heterocycles. The van der Waals surface area contributed by atoms with E-state index in [9.17, 15) is 19.2 Å². The molecule has 1 saturated heterocycles. The lowest BCUT2D eigenvalue weighted by atomic mass is 10.1. The third-order valence-corrected chi connectivity index (χ3v) is 3.82. The molecule has 1 aliphatic heterocycles. The van der Waals surface area contributed by atoms with E-state index in [1.54, 1.807) is 12.1 Å². The summed E-state index contributed by atoms with van der Waals surface area (Å²) in [5.41, 5.74) is 0.410. The first kappa shape index (κ1) is 17.4. The highest BCUT2D eigenvalue weighted by Crippen LogP contribution is 2.15. The lowest BCUT2D eigenvalue weighted by molar-refractivity contribution is -0.149. The van der Waals surface area contributed by atoms with E-state index in [-0.39, 0.29) is 19.7 Å². The number of nitrogens with zero attached hydrogens (tertiary/aromatic N) is 1. The maximum atomic E-state index is 12.1. The van der Waals surface area contributed by atoms with Gasteiger partial charge in [-0.2, -0.15) is 0 Å². The van der Waals surface area contributed by atoms with E-state index in [0.29, 0.717) is 5.56 Å². The Bertz CT molecular complexity index is 879. The average molecular weight is 356 g/mol. The van der Waals surface area contributed by atoms with Gasteiger partial charge >= 0.3 is 12.1 Å². The van der Waals surface area contributed by atoms with Gasteiger partial charge in [0.1, 0.15) is 13.2 Å². The first-order valence-corrected chi connectivity index (χ1v) is 7.94. The number of fused-ring (bicyclic) bond motifs is 1. The van der Waals surface area contributed by atoms with Gasteiger partial charge in [-0.3, -0.25) is 14.4 Å². The Morgan fingerprint density at radius 1 is 1.12 bits per heavy atom. The second kappa shape index (κ2) is 7.64. The maximum absolute atomic E-state index is 12.1. The monoisotopic (exact) mass is 356 g/mol. The van der Waals surface area contributed by atoms with Crippen LogP contribution in [0.4, 0.5) is 4.79 Å². The van der Waals surface area contributed by atoms with E-state index >= 15 is 0 Å². The summed E-state index contributed by atoms with van der Waals surface area (Å²) in [6, 6.07) is 12.8. The smallest absolute Gasteiger partial charge is 0.416 e. The van der Waals surface area contributed by atoms with E-state index in [4.69, 9.17) is 4.74 Å². The van der Waals surface area contributed by atoms with Crippen LogP contribution >= 0.6 is 0 Å². The number of benzene rings is 2. The lowest BCUT2D eigenvalue weighted by Gasteiger charge is -2.11. The van der Waals surface area contributed by atoms with Crippen LogP contribution in [-0.4, -0.2) is 55.1 Å². The van der Waals surface area contributed by atoms with Gasteiger partial charge in [0, 0.05) is 5.56 Å². The molecule has 2 aromatic carbocycles. The number of rotatable bonds is 5. The fourth-order valence-electron chi connectivity index (χ4n) is 2.48. The van der Waals surface area contributed by atoms with Crippen LogP contribution in [0.15, 0.2) is 42.5 Å². The molecule has 0 saturated carbocycles. The molecular weight excluding hydrogens is 340 g/mol. The molecule has 0 atom stereocenters. The fraction of sp³-hybridized carbons (Fsp3) is 0.222. The van der Waals surface area contributed by atoms with E-state index in [1.165, 1.54) is 0 Å². The molecule has 1 heterocycles. The number of hydrogen-bond donors (Lipinski definition) is 1. The highest BCUT2D eigenvalue weighted by molar-refractivity contribution is 6.00. The topological polar surface area (TPSA) is 102 Å². The number of hydrogen-bond acceptors (Lipinski definition) is 6. The molecule has 0 radical (unpaired) electrons. The van der Waals surface area contributed by atoms with Gasteiger partial charge in [0.15, 0.2) is 6.61 Å². The number of ether oxygens (including phenoxy) is 2. The largest absolute Gasteiger partial charge is 0.454 e. The summed E-state index contributed by atoms with van der Waals surface area (Å²) >= 11 is 0. The predicted molar refractivity (Wildman–Crippen MR) is 90.3 cm³/mol. The summed E-state index contributed by atoms with van der Waals surface area (Å²) in [7, 11) is 0. The van der Waals surface area contributed by atoms with Crippen molar-refractivity contribution >= 4 is 34.6 Å². The zero-order valence-corrected chi connectivity index (χ0v) is 13.8. The van der Waals surface area contributed by atoms with Crippen molar-refractivity contribution in [3.05, 3.63) is 48.0 Å². The van der Waals surface area contributed by atoms with Crippen LogP contribution in [0, 0.1) is 0 Å². The summed E-state index contributed by atoms with van der Waals surface area (Å²) in [5, 5.41) is 4.35. The molecule has 3 amide bonds. The molecule has 2 aromatic rings. The number of esters is 1. The van der Waals surface area contributed by atoms with Crippen molar-refractivity contribution in [2.24, 2.45) is 0 Å². The van der Waals surface area contributed by atoms with E-state index in [1.807, 2.05) is 30.3 Å². The second-order valence-electron chi connectivity index (χ2n) is 5.57. The number of carbonyl (C=O) groups excluding carboxylic acids is 4. The molecule has 1 N–H and O–H groups in total. The molecule has 26 heavy (non-hydrogen) atoms. The van der Waals surface area contributed by atoms with Gasteiger partial charge in [0.25, 0.3) is 11.8 Å². The summed E-state index contributed by atoms with van der Waals surface area (Å²) in [6.07, 6.45) is -0.754. The zero-order valence-electron chi connectivity index (χ0n) is 13.8. The fourth-order valence-corrected chi connectivity index (χ4v) is 2.48. The van der Waals surface area contributed by atoms with Gasteiger partial charge < -0.3 is 14.8 Å². The van der Waals surface area contributed by atoms with Crippen molar-refractivity contribution in [1.29, 1.82) is 0 Å². The van der Waals surface area contributed by atoms with Crippen LogP contribution in [0.5, 0.6) is 0 Å². The minimum absolute atomic E-state index is 0.125. The summed E-state index contributed by atoms with van der Waals surface area (Å²) < 4.78 is 9.39. The highest BCUT2D eigenvalue weighted by Gasteiger charge is 2.28. The number of imide groups is 1. The molecule has 0 bridgehead atoms. The number of cyclic esters (lactones) is 1. The number of nitrogens with one attached hydrogen (secondary N) is 1. The Balaban J connectivity index is 1.48. The standard InChI is InChI=1S/C18H16N2O6/c21-15(20-7-8-25-18(20)24)11-26-16(22)10-19-17(23)14-6-5-12-3-1-2-4-13(12)9-14/h1-6,9H,7-8,10-11H2,(H,19,23). The molecule has 134 valence electrons. The molecule has 1 aliphatic rings. The molecule has 0 unspecified atom stereocenters. The maximum Gasteiger partial charge on any atom is 0.416 e. The second-order valence-corrected chi connectivity index (χ2v) is 5.57. The van der Waals surface area contributed by atoms with Gasteiger partial charge in [-0.05, 0) is 22.9 Å². The van der Waals surface area contributed by atoms with Crippen LogP contribution in [-0.2, 0) is 19.1 Å². The zero-order chi connectivity index (χ0) is 18.5. The van der Waals surface area contributed by atoms with Crippen molar-refractivity contribution in [3.8, 4) is 0 Å². The molecular formula is C18H16N2O6. The van der Waals surface area contributed by atoms with Crippen LogP contribution in [0.25, 0.3) is 10.8 Å². The Labute approximate surface area is 148 Å². The quantitative estimate of drug-likeness (QED) is 0.805. The van der Waals surface area contributed by atoms with Crippen molar-refractivity contribution in [1.82, 2.24) is 10.2 Å². The molecule has 8 nitrogen and oxygen atoms in total. The third kappa shape index (κ3) is 3.97. The Morgan fingerprint density at radius 2 is 1.88 bits per heavy atom. The molecule has 0 spiro atoms. The summed E-state index contributed by atoms with van der Waals surface area (Å²) in [5.74, 6) is -1.87. The van der Waals surface area contributed by atoms with Crippen molar-refractivity contribution in [2.45, 2.75) is 0 Å². The van der Waals surface area contributed by atoms with Gasteiger partial charge in [-0.25, -0.2) is 9.69 Å². The number of amides is 3. The van der Waals surface area contributed by atoms with E-state index < -0.39 is 30.5 Å². The Kier molecular flexibility index (Phi) is 5.12. The van der Waals surface area contributed by atoms with Gasteiger partial charge in [-0.1, -0.05) is 30.3 Å². The Morgan fingerprint density at radius 3 is 2.62 bits per heavy atom. The van der Waals surface area contributed by atoms with Gasteiger partial charge in [0.2, 0.25) is 0 Å². The normalized spacial score (nSPS) is 13.4. The average Bonchev–Trinajstić information content (AvgIpc) is 3.09. The van der Waals surface area contributed by atoms with Crippen molar-refractivity contribution < 1.29 is 28.7 Å². The summed E-state index contributed by atoms with van der Waals surface area (Å²) in [4.78, 5) is 47.6. The molecule has 3 rings (SSSR count). The highest BCUT2D eigenvalue weighted by atomic mass is 16.6. The molecule has 8 heteroatoms. The van der Waals surface area contributed by atoms with Crippen LogP contribution in [0.3, 0.4) is 0 Å². The molecule has 0 aliphatic carbocycles. The van der Waals surface area contributed by atoms with Crippen molar-refractivity contribution in [2.75, 3.05) is 26.3 Å². The van der Waals surface area contributed by atoms with Crippen molar-refractivity contribution in [3.63, 3.8) is 0 Å². The predicted octanol–water partition coefficient (Wildman–Crippen LogP) is 1.09. The van der Waals surface area contributed by atoms with E-state index in [2.05, 4.69) is 10.1 Å². The van der Waals surface area contributed by atoms with Crippen LogP contribution in [0.2, 0.25) is 0 Å².